The monoisotopic (exact) mass is 388 g/mol. The van der Waals surface area contributed by atoms with Crippen LogP contribution in [-0.2, 0) is 6.42 Å². The molecule has 0 aliphatic carbocycles. The lowest BCUT2D eigenvalue weighted by Gasteiger charge is -2.25. The second-order valence-corrected chi connectivity index (χ2v) is 6.97. The molecule has 0 aliphatic heterocycles. The van der Waals surface area contributed by atoms with Crippen molar-refractivity contribution in [3.63, 3.8) is 0 Å². The van der Waals surface area contributed by atoms with Gasteiger partial charge in [0, 0.05) is 12.0 Å². The van der Waals surface area contributed by atoms with Gasteiger partial charge in [-0.15, -0.1) is 0 Å². The Morgan fingerprint density at radius 3 is 2.32 bits per heavy atom. The van der Waals surface area contributed by atoms with Gasteiger partial charge in [0.15, 0.2) is 17.3 Å². The van der Waals surface area contributed by atoms with Gasteiger partial charge in [-0.05, 0) is 43.7 Å². The predicted octanol–water partition coefficient (Wildman–Crippen LogP) is 2.38. The second-order valence-electron chi connectivity index (χ2n) is 6.97. The summed E-state index contributed by atoms with van der Waals surface area (Å²) in [6.45, 7) is 2.81. The van der Waals surface area contributed by atoms with E-state index >= 15 is 0 Å². The number of methoxy groups -OCH3 is 1. The molecule has 0 aliphatic rings. The number of aliphatic hydroxyl groups excluding tert-OH is 1. The van der Waals surface area contributed by atoms with Crippen LogP contribution in [0.4, 0.5) is 0 Å². The Labute approximate surface area is 162 Å². The van der Waals surface area contributed by atoms with Gasteiger partial charge in [0.05, 0.1) is 18.8 Å². The highest BCUT2D eigenvalue weighted by Gasteiger charge is 2.29. The number of carbonyl (C=O) groups is 1. The molecule has 0 saturated carbocycles. The van der Waals surface area contributed by atoms with E-state index in [-0.39, 0.29) is 34.8 Å². The Kier molecular flexibility index (Phi) is 6.33. The van der Waals surface area contributed by atoms with Crippen LogP contribution in [0.1, 0.15) is 35.3 Å². The summed E-state index contributed by atoms with van der Waals surface area (Å²) in [6, 6.07) is 7.32. The van der Waals surface area contributed by atoms with Gasteiger partial charge in [-0.25, -0.2) is 0 Å². The van der Waals surface area contributed by atoms with E-state index in [9.17, 15) is 30.3 Å². The molecule has 0 amide bonds. The minimum Gasteiger partial charge on any atom is -0.508 e. The van der Waals surface area contributed by atoms with Gasteiger partial charge in [0.25, 0.3) is 0 Å². The number of hydrogen-bond donors (Lipinski definition) is 5. The van der Waals surface area contributed by atoms with E-state index in [1.54, 1.807) is 12.1 Å². The second kappa shape index (κ2) is 8.33. The molecule has 28 heavy (non-hydrogen) atoms. The fourth-order valence-corrected chi connectivity index (χ4v) is 2.58. The molecule has 150 valence electrons. The zero-order valence-electron chi connectivity index (χ0n) is 15.9. The third kappa shape index (κ3) is 4.82. The van der Waals surface area contributed by atoms with Crippen molar-refractivity contribution in [1.82, 2.24) is 0 Å². The highest BCUT2D eigenvalue weighted by atomic mass is 16.5. The number of phenols is 3. The van der Waals surface area contributed by atoms with Gasteiger partial charge in [0.2, 0.25) is 0 Å². The summed E-state index contributed by atoms with van der Waals surface area (Å²) >= 11 is 0. The maximum atomic E-state index is 12.7. The van der Waals surface area contributed by atoms with Gasteiger partial charge < -0.3 is 30.3 Å². The lowest BCUT2D eigenvalue weighted by Crippen LogP contribution is -2.37. The Bertz CT molecular complexity index is 877. The standard InChI is InChI=1S/C21H24O7/c1-21(2,27)17(25)11-13-10-16(24)20(28-3)18(19(13)26)15(23)9-6-12-4-7-14(22)8-5-12/h4-10,17,22,24-27H,11H2,1-3H3/b9-6+/t17-/m0/s1. The molecule has 0 heterocycles. The summed E-state index contributed by atoms with van der Waals surface area (Å²) in [5, 5.41) is 50.1. The lowest BCUT2D eigenvalue weighted by atomic mass is 9.92. The number of aromatic hydroxyl groups is 3. The molecule has 1 atom stereocenters. The molecule has 0 unspecified atom stereocenters. The first-order valence-corrected chi connectivity index (χ1v) is 8.58. The van der Waals surface area contributed by atoms with Crippen molar-refractivity contribution >= 4 is 11.9 Å². The van der Waals surface area contributed by atoms with Gasteiger partial charge in [-0.2, -0.15) is 0 Å². The fraction of sp³-hybridized carbons (Fsp3) is 0.286. The quantitative estimate of drug-likeness (QED) is 0.280. The van der Waals surface area contributed by atoms with Crippen molar-refractivity contribution in [3.05, 3.63) is 53.1 Å². The molecule has 0 bridgehead atoms. The average molecular weight is 388 g/mol. The van der Waals surface area contributed by atoms with Crippen LogP contribution in [0.5, 0.6) is 23.0 Å². The van der Waals surface area contributed by atoms with E-state index in [0.717, 1.165) is 0 Å². The van der Waals surface area contributed by atoms with Crippen LogP contribution in [0.25, 0.3) is 6.08 Å². The largest absolute Gasteiger partial charge is 0.508 e. The van der Waals surface area contributed by atoms with Crippen molar-refractivity contribution in [3.8, 4) is 23.0 Å². The number of allylic oxidation sites excluding steroid dienone is 1. The Morgan fingerprint density at radius 1 is 1.18 bits per heavy atom. The number of hydrogen-bond acceptors (Lipinski definition) is 7. The number of ketones is 1. The zero-order valence-corrected chi connectivity index (χ0v) is 15.9. The molecule has 7 heteroatoms. The third-order valence-electron chi connectivity index (χ3n) is 4.31. The summed E-state index contributed by atoms with van der Waals surface area (Å²) in [5.41, 5.74) is -0.961. The first kappa shape index (κ1) is 21.3. The first-order chi connectivity index (χ1) is 13.0. The molecule has 0 spiro atoms. The van der Waals surface area contributed by atoms with Crippen LogP contribution in [0.3, 0.4) is 0 Å². The normalized spacial score (nSPS) is 12.9. The third-order valence-corrected chi connectivity index (χ3v) is 4.31. The van der Waals surface area contributed by atoms with Gasteiger partial charge in [0.1, 0.15) is 17.1 Å². The number of rotatable bonds is 7. The van der Waals surface area contributed by atoms with Crippen molar-refractivity contribution in [2.75, 3.05) is 7.11 Å². The van der Waals surface area contributed by atoms with Crippen LogP contribution in [0.15, 0.2) is 36.4 Å². The van der Waals surface area contributed by atoms with Crippen molar-refractivity contribution < 1.29 is 35.1 Å². The smallest absolute Gasteiger partial charge is 0.193 e. The number of carbonyl (C=O) groups excluding carboxylic acids is 1. The van der Waals surface area contributed by atoms with E-state index in [4.69, 9.17) is 4.74 Å². The molecule has 2 rings (SSSR count). The molecule has 5 N–H and O–H groups in total. The average Bonchev–Trinajstić information content (AvgIpc) is 2.62. The Morgan fingerprint density at radius 2 is 1.79 bits per heavy atom. The highest BCUT2D eigenvalue weighted by molar-refractivity contribution is 6.11. The molecule has 7 nitrogen and oxygen atoms in total. The van der Waals surface area contributed by atoms with Crippen LogP contribution in [0.2, 0.25) is 0 Å². The molecular weight excluding hydrogens is 364 g/mol. The van der Waals surface area contributed by atoms with Crippen molar-refractivity contribution in [2.24, 2.45) is 0 Å². The minimum absolute atomic E-state index is 0.0887. The van der Waals surface area contributed by atoms with Crippen LogP contribution in [0, 0.1) is 0 Å². The van der Waals surface area contributed by atoms with E-state index in [1.807, 2.05) is 0 Å². The zero-order chi connectivity index (χ0) is 21.1. The fourth-order valence-electron chi connectivity index (χ4n) is 2.58. The SMILES string of the molecule is COc1c(O)cc(C[C@H](O)C(C)(C)O)c(O)c1C(=O)/C=C/c1ccc(O)cc1. The summed E-state index contributed by atoms with van der Waals surface area (Å²) < 4.78 is 5.06. The van der Waals surface area contributed by atoms with Gasteiger partial charge in [-0.1, -0.05) is 18.2 Å². The van der Waals surface area contributed by atoms with Crippen LogP contribution in [-0.4, -0.2) is 50.1 Å². The first-order valence-electron chi connectivity index (χ1n) is 8.58. The van der Waals surface area contributed by atoms with Crippen molar-refractivity contribution in [2.45, 2.75) is 32.0 Å². The minimum atomic E-state index is -1.44. The van der Waals surface area contributed by atoms with E-state index in [1.165, 1.54) is 51.3 Å². The Hall–Kier alpha value is -3.03. The number of ether oxygens (including phenoxy) is 1. The summed E-state index contributed by atoms with van der Waals surface area (Å²) in [5.74, 6) is -1.56. The molecule has 2 aromatic carbocycles. The van der Waals surface area contributed by atoms with Crippen molar-refractivity contribution in [1.29, 1.82) is 0 Å². The number of benzene rings is 2. The molecule has 0 radical (unpaired) electrons. The predicted molar refractivity (Wildman–Crippen MR) is 104 cm³/mol. The van der Waals surface area contributed by atoms with E-state index in [2.05, 4.69) is 0 Å². The summed E-state index contributed by atoms with van der Waals surface area (Å²) in [4.78, 5) is 12.7. The lowest BCUT2D eigenvalue weighted by molar-refractivity contribution is -0.0471. The van der Waals surface area contributed by atoms with Crippen LogP contribution >= 0.6 is 0 Å². The molecule has 2 aromatic rings. The summed E-state index contributed by atoms with van der Waals surface area (Å²) in [7, 11) is 1.25. The van der Waals surface area contributed by atoms with Gasteiger partial charge >= 0.3 is 0 Å². The van der Waals surface area contributed by atoms with E-state index in [0.29, 0.717) is 5.56 Å². The Balaban J connectivity index is 2.43. The molecule has 0 saturated heterocycles. The maximum absolute atomic E-state index is 12.7. The van der Waals surface area contributed by atoms with Crippen LogP contribution < -0.4 is 4.74 Å². The topological polar surface area (TPSA) is 127 Å². The summed E-state index contributed by atoms with van der Waals surface area (Å²) in [6.07, 6.45) is 1.26. The maximum Gasteiger partial charge on any atom is 0.193 e. The molecule has 0 aromatic heterocycles. The van der Waals surface area contributed by atoms with Gasteiger partial charge in [-0.3, -0.25) is 4.79 Å². The highest BCUT2D eigenvalue weighted by Crippen LogP contribution is 2.40. The number of aliphatic hydroxyl groups is 2. The van der Waals surface area contributed by atoms with E-state index < -0.39 is 23.2 Å². The molecular formula is C21H24O7. The number of phenolic OH excluding ortho intramolecular Hbond substituents is 3. The molecule has 0 fully saturated rings.